The van der Waals surface area contributed by atoms with Gasteiger partial charge in [-0.3, -0.25) is 0 Å². The average Bonchev–Trinajstić information content (AvgIpc) is 1.96. The van der Waals surface area contributed by atoms with Gasteiger partial charge in [0.15, 0.2) is 0 Å². The van der Waals surface area contributed by atoms with E-state index in [9.17, 15) is 0 Å². The summed E-state index contributed by atoms with van der Waals surface area (Å²) in [7, 11) is 0. The van der Waals surface area contributed by atoms with Gasteiger partial charge in [0.1, 0.15) is 0 Å². The molecule has 0 heterocycles. The molecule has 0 aliphatic carbocycles. The zero-order valence-electron chi connectivity index (χ0n) is 7.60. The Kier molecular flexibility index (Phi) is 10.1. The molecule has 0 spiro atoms. The van der Waals surface area contributed by atoms with Crippen LogP contribution in [0.1, 0.15) is 26.7 Å². The van der Waals surface area contributed by atoms with Crippen LogP contribution < -0.4 is 5.73 Å². The maximum absolute atomic E-state index is 5.65. The molecule has 0 bridgehead atoms. The van der Waals surface area contributed by atoms with Crippen molar-refractivity contribution in [1.29, 1.82) is 0 Å². The monoisotopic (exact) mass is 281 g/mol. The summed E-state index contributed by atoms with van der Waals surface area (Å²) in [5.74, 6) is 1.30. The fourth-order valence-corrected chi connectivity index (χ4v) is 6.80. The Morgan fingerprint density at radius 3 is 2.82 bits per heavy atom. The van der Waals surface area contributed by atoms with E-state index >= 15 is 0 Å². The Bertz CT molecular complexity index is 78.5. The predicted octanol–water partition coefficient (Wildman–Crippen LogP) is 1.95. The number of hydrogen-bond donors (Lipinski definition) is 1. The quantitative estimate of drug-likeness (QED) is 0.569. The number of thioether (sulfide) groups is 1. The SMILES string of the molecule is CCS[CH2][Sn][CH2]CCC(C)N. The molecule has 0 aromatic heterocycles. The first-order chi connectivity index (χ1) is 5.27. The molecule has 0 saturated heterocycles. The van der Waals surface area contributed by atoms with Gasteiger partial charge in [-0.1, -0.05) is 0 Å². The van der Waals surface area contributed by atoms with Crippen molar-refractivity contribution >= 4 is 32.9 Å². The fraction of sp³-hybridized carbons (Fsp3) is 1.00. The topological polar surface area (TPSA) is 26.0 Å². The molecule has 2 N–H and O–H groups in total. The van der Waals surface area contributed by atoms with Crippen LogP contribution in [0.4, 0.5) is 0 Å². The molecular formula is C8H19NSSn. The molecule has 0 fully saturated rings. The minimum absolute atomic E-state index is 0.0180. The molecule has 66 valence electrons. The van der Waals surface area contributed by atoms with E-state index in [1.54, 1.807) is 0 Å². The first-order valence-corrected chi connectivity index (χ1v) is 9.50. The van der Waals surface area contributed by atoms with Crippen molar-refractivity contribution in [3.8, 4) is 0 Å². The van der Waals surface area contributed by atoms with Crippen LogP contribution in [0.3, 0.4) is 0 Å². The van der Waals surface area contributed by atoms with Gasteiger partial charge in [-0.15, -0.1) is 0 Å². The summed E-state index contributed by atoms with van der Waals surface area (Å²) in [5.41, 5.74) is 5.65. The molecular weight excluding hydrogens is 261 g/mol. The van der Waals surface area contributed by atoms with Crippen molar-refractivity contribution in [2.45, 2.75) is 37.2 Å². The van der Waals surface area contributed by atoms with E-state index in [1.807, 2.05) is 0 Å². The third-order valence-corrected chi connectivity index (χ3v) is 7.75. The Hall–Kier alpha value is 1.11. The van der Waals surface area contributed by atoms with Crippen molar-refractivity contribution < 1.29 is 0 Å². The van der Waals surface area contributed by atoms with Crippen molar-refractivity contribution in [1.82, 2.24) is 0 Å². The fourth-order valence-electron chi connectivity index (χ4n) is 0.795. The first kappa shape index (κ1) is 12.1. The number of rotatable bonds is 7. The normalized spacial score (nSPS) is 13.4. The van der Waals surface area contributed by atoms with E-state index in [0.29, 0.717) is 6.04 Å². The number of nitrogens with two attached hydrogens (primary N) is 1. The van der Waals surface area contributed by atoms with Crippen LogP contribution in [0.25, 0.3) is 0 Å². The standard InChI is InChI=1S/C5H12N.C3H7S.Sn/c1-3-4-5(2)6;1-3-4-2;/h5H,1,3-4,6H2,2H3;2-3H2,1H3;. The molecule has 0 saturated carbocycles. The molecule has 3 heteroatoms. The zero-order chi connectivity index (χ0) is 8.53. The van der Waals surface area contributed by atoms with Crippen LogP contribution in [-0.2, 0) is 0 Å². The first-order valence-electron chi connectivity index (χ1n) is 4.31. The van der Waals surface area contributed by atoms with Crippen molar-refractivity contribution in [3.63, 3.8) is 0 Å². The summed E-state index contributed by atoms with van der Waals surface area (Å²) in [6, 6.07) is 0.424. The molecule has 0 rings (SSSR count). The van der Waals surface area contributed by atoms with Gasteiger partial charge in [0.05, 0.1) is 0 Å². The summed E-state index contributed by atoms with van der Waals surface area (Å²) < 4.78 is 3.02. The van der Waals surface area contributed by atoms with Crippen LogP contribution >= 0.6 is 11.8 Å². The van der Waals surface area contributed by atoms with E-state index in [2.05, 4.69) is 25.6 Å². The minimum atomic E-state index is 0.0180. The van der Waals surface area contributed by atoms with Gasteiger partial charge >= 0.3 is 85.3 Å². The van der Waals surface area contributed by atoms with Crippen LogP contribution in [0.5, 0.6) is 0 Å². The van der Waals surface area contributed by atoms with E-state index in [1.165, 1.54) is 26.8 Å². The van der Waals surface area contributed by atoms with Crippen molar-refractivity contribution in [2.75, 3.05) is 9.52 Å². The molecule has 11 heavy (non-hydrogen) atoms. The Morgan fingerprint density at radius 1 is 1.55 bits per heavy atom. The van der Waals surface area contributed by atoms with Crippen LogP contribution in [0, 0.1) is 0 Å². The van der Waals surface area contributed by atoms with Crippen LogP contribution in [0.2, 0.25) is 4.44 Å². The van der Waals surface area contributed by atoms with Gasteiger partial charge in [0.2, 0.25) is 0 Å². The van der Waals surface area contributed by atoms with E-state index < -0.39 is 0 Å². The van der Waals surface area contributed by atoms with Gasteiger partial charge in [-0.25, -0.2) is 0 Å². The summed E-state index contributed by atoms with van der Waals surface area (Å²) >= 11 is 2.13. The predicted molar refractivity (Wildman–Crippen MR) is 56.4 cm³/mol. The van der Waals surface area contributed by atoms with Crippen LogP contribution in [0.15, 0.2) is 0 Å². The molecule has 0 aromatic rings. The van der Waals surface area contributed by atoms with Gasteiger partial charge in [-0.05, 0) is 0 Å². The Balaban J connectivity index is 2.80. The average molecular weight is 280 g/mol. The second-order valence-electron chi connectivity index (χ2n) is 2.76. The van der Waals surface area contributed by atoms with E-state index in [4.69, 9.17) is 5.73 Å². The van der Waals surface area contributed by atoms with Gasteiger partial charge in [0, 0.05) is 0 Å². The van der Waals surface area contributed by atoms with Crippen molar-refractivity contribution in [3.05, 3.63) is 0 Å². The maximum atomic E-state index is 5.65. The summed E-state index contributed by atoms with van der Waals surface area (Å²) in [5, 5.41) is 0. The van der Waals surface area contributed by atoms with Crippen LogP contribution in [-0.4, -0.2) is 36.7 Å². The molecule has 0 aromatic carbocycles. The Morgan fingerprint density at radius 2 is 2.27 bits per heavy atom. The zero-order valence-corrected chi connectivity index (χ0v) is 11.3. The van der Waals surface area contributed by atoms with E-state index in [-0.39, 0.29) is 21.1 Å². The molecule has 0 amide bonds. The molecule has 0 aliphatic heterocycles. The number of hydrogen-bond acceptors (Lipinski definition) is 2. The summed E-state index contributed by atoms with van der Waals surface area (Å²) in [6.45, 7) is 4.35. The molecule has 1 atom stereocenters. The molecule has 0 aliphatic rings. The summed E-state index contributed by atoms with van der Waals surface area (Å²) in [4.78, 5) is 0. The molecule has 1 unspecified atom stereocenters. The second kappa shape index (κ2) is 9.20. The second-order valence-corrected chi connectivity index (χ2v) is 9.36. The van der Waals surface area contributed by atoms with E-state index in [0.717, 1.165) is 0 Å². The summed E-state index contributed by atoms with van der Waals surface area (Å²) in [6.07, 6.45) is 2.62. The Labute approximate surface area is 85.1 Å². The molecule has 1 nitrogen and oxygen atoms in total. The van der Waals surface area contributed by atoms with Gasteiger partial charge in [-0.2, -0.15) is 0 Å². The molecule has 2 radical (unpaired) electrons. The third kappa shape index (κ3) is 11.1. The third-order valence-electron chi connectivity index (χ3n) is 1.42. The van der Waals surface area contributed by atoms with Crippen molar-refractivity contribution in [2.24, 2.45) is 5.73 Å². The van der Waals surface area contributed by atoms with Gasteiger partial charge in [0.25, 0.3) is 0 Å². The van der Waals surface area contributed by atoms with Gasteiger partial charge < -0.3 is 0 Å².